The van der Waals surface area contributed by atoms with E-state index in [1.165, 1.54) is 43.4 Å². The maximum Gasteiger partial charge on any atom is 0.0693 e. The van der Waals surface area contributed by atoms with Crippen LogP contribution in [0.3, 0.4) is 0 Å². The molecule has 1 fully saturated rings. The van der Waals surface area contributed by atoms with Crippen LogP contribution in [0.2, 0.25) is 0 Å². The number of hydrogen-bond donors (Lipinski definition) is 2. The number of hydrogen-bond acceptors (Lipinski definition) is 3. The van der Waals surface area contributed by atoms with Crippen molar-refractivity contribution in [3.8, 4) is 0 Å². The van der Waals surface area contributed by atoms with Crippen LogP contribution in [0.4, 0.5) is 0 Å². The first-order chi connectivity index (χ1) is 8.83. The van der Waals surface area contributed by atoms with Crippen molar-refractivity contribution in [2.45, 2.75) is 70.1 Å². The molecular weight excluding hydrogens is 242 g/mol. The molecule has 2 nitrogen and oxygen atoms in total. The molecule has 0 spiro atoms. The zero-order valence-corrected chi connectivity index (χ0v) is 11.8. The molecule has 0 radical (unpaired) electrons. The molecule has 2 atom stereocenters. The Labute approximate surface area is 113 Å². The number of fused-ring (bicyclic) bond motifs is 1. The van der Waals surface area contributed by atoms with Crippen molar-refractivity contribution in [3.63, 3.8) is 0 Å². The summed E-state index contributed by atoms with van der Waals surface area (Å²) in [5.41, 5.74) is 1.58. The topological polar surface area (TPSA) is 32.3 Å². The van der Waals surface area contributed by atoms with Crippen molar-refractivity contribution >= 4 is 11.3 Å². The Hall–Kier alpha value is -0.380. The second-order valence-electron chi connectivity index (χ2n) is 5.71. The smallest absolute Gasteiger partial charge is 0.0693 e. The summed E-state index contributed by atoms with van der Waals surface area (Å²) in [6.07, 6.45) is 9.59. The summed E-state index contributed by atoms with van der Waals surface area (Å²) >= 11 is 1.97. The van der Waals surface area contributed by atoms with Gasteiger partial charge in [0.2, 0.25) is 0 Å². The van der Waals surface area contributed by atoms with E-state index in [0.29, 0.717) is 6.04 Å². The molecule has 2 aliphatic rings. The lowest BCUT2D eigenvalue weighted by Crippen LogP contribution is -2.38. The second kappa shape index (κ2) is 5.72. The van der Waals surface area contributed by atoms with E-state index in [1.807, 2.05) is 11.3 Å². The minimum Gasteiger partial charge on any atom is -0.392 e. The summed E-state index contributed by atoms with van der Waals surface area (Å²) in [7, 11) is 0. The SMILES string of the molecule is OC1CCCCCC1NCc1cc2c(s1)CCC2. The quantitative estimate of drug-likeness (QED) is 0.823. The lowest BCUT2D eigenvalue weighted by Gasteiger charge is -2.21. The average molecular weight is 265 g/mol. The van der Waals surface area contributed by atoms with Gasteiger partial charge in [0.25, 0.3) is 0 Å². The van der Waals surface area contributed by atoms with Crippen LogP contribution in [0.5, 0.6) is 0 Å². The first kappa shape index (κ1) is 12.6. The third-order valence-corrected chi connectivity index (χ3v) is 5.55. The Morgan fingerprint density at radius 3 is 2.94 bits per heavy atom. The second-order valence-corrected chi connectivity index (χ2v) is 6.93. The van der Waals surface area contributed by atoms with E-state index in [9.17, 15) is 5.11 Å². The highest BCUT2D eigenvalue weighted by Crippen LogP contribution is 2.30. The molecular formula is C15H23NOS. The van der Waals surface area contributed by atoms with Gasteiger partial charge >= 0.3 is 0 Å². The minimum absolute atomic E-state index is 0.140. The summed E-state index contributed by atoms with van der Waals surface area (Å²) in [6, 6.07) is 2.69. The van der Waals surface area contributed by atoms with Crippen LogP contribution >= 0.6 is 11.3 Å². The predicted octanol–water partition coefficient (Wildman–Crippen LogP) is 3.02. The minimum atomic E-state index is -0.140. The van der Waals surface area contributed by atoms with Crippen molar-refractivity contribution in [1.29, 1.82) is 0 Å². The van der Waals surface area contributed by atoms with Gasteiger partial charge < -0.3 is 10.4 Å². The van der Waals surface area contributed by atoms with E-state index in [0.717, 1.165) is 19.4 Å². The van der Waals surface area contributed by atoms with Crippen LogP contribution in [-0.2, 0) is 19.4 Å². The van der Waals surface area contributed by atoms with Crippen molar-refractivity contribution in [3.05, 3.63) is 21.4 Å². The van der Waals surface area contributed by atoms with Crippen molar-refractivity contribution in [1.82, 2.24) is 5.32 Å². The van der Waals surface area contributed by atoms with Gasteiger partial charge in [-0.15, -0.1) is 11.3 Å². The number of nitrogens with one attached hydrogen (secondary N) is 1. The van der Waals surface area contributed by atoms with Crippen molar-refractivity contribution in [2.75, 3.05) is 0 Å². The highest BCUT2D eigenvalue weighted by Gasteiger charge is 2.21. The van der Waals surface area contributed by atoms with E-state index < -0.39 is 0 Å². The Morgan fingerprint density at radius 2 is 2.06 bits per heavy atom. The van der Waals surface area contributed by atoms with Gasteiger partial charge in [-0.05, 0) is 43.7 Å². The van der Waals surface area contributed by atoms with E-state index >= 15 is 0 Å². The Balaban J connectivity index is 1.56. The van der Waals surface area contributed by atoms with Crippen molar-refractivity contribution < 1.29 is 5.11 Å². The van der Waals surface area contributed by atoms with Gasteiger partial charge in [0, 0.05) is 22.3 Å². The lowest BCUT2D eigenvalue weighted by atomic mass is 10.1. The molecule has 2 N–H and O–H groups in total. The molecule has 0 amide bonds. The molecule has 0 aromatic carbocycles. The third-order valence-electron chi connectivity index (χ3n) is 4.32. The molecule has 3 heteroatoms. The fourth-order valence-corrected chi connectivity index (χ4v) is 4.45. The third kappa shape index (κ3) is 2.79. The molecule has 100 valence electrons. The molecule has 0 saturated heterocycles. The monoisotopic (exact) mass is 265 g/mol. The van der Waals surface area contributed by atoms with Gasteiger partial charge in [-0.1, -0.05) is 19.3 Å². The fraction of sp³-hybridized carbons (Fsp3) is 0.733. The number of rotatable bonds is 3. The number of aryl methyl sites for hydroxylation is 2. The average Bonchev–Trinajstić information content (AvgIpc) is 2.86. The first-order valence-electron chi connectivity index (χ1n) is 7.35. The molecule has 18 heavy (non-hydrogen) atoms. The molecule has 2 aliphatic carbocycles. The first-order valence-corrected chi connectivity index (χ1v) is 8.16. The van der Waals surface area contributed by atoms with E-state index in [2.05, 4.69) is 11.4 Å². The molecule has 1 heterocycles. The van der Waals surface area contributed by atoms with Crippen LogP contribution in [0.15, 0.2) is 6.07 Å². The highest BCUT2D eigenvalue weighted by atomic mass is 32.1. The van der Waals surface area contributed by atoms with E-state index in [4.69, 9.17) is 0 Å². The maximum absolute atomic E-state index is 10.1. The molecule has 0 bridgehead atoms. The van der Waals surface area contributed by atoms with Gasteiger partial charge in [0.1, 0.15) is 0 Å². The van der Waals surface area contributed by atoms with E-state index in [1.54, 1.807) is 10.4 Å². The Bertz CT molecular complexity index is 380. The molecule has 1 saturated carbocycles. The highest BCUT2D eigenvalue weighted by molar-refractivity contribution is 7.12. The number of aliphatic hydroxyl groups is 1. The van der Waals surface area contributed by atoms with Crippen LogP contribution in [0.1, 0.15) is 53.8 Å². The Kier molecular flexibility index (Phi) is 4.02. The van der Waals surface area contributed by atoms with Gasteiger partial charge in [0.15, 0.2) is 0 Å². The van der Waals surface area contributed by atoms with Crippen LogP contribution in [0.25, 0.3) is 0 Å². The maximum atomic E-state index is 10.1. The van der Waals surface area contributed by atoms with Crippen LogP contribution in [-0.4, -0.2) is 17.3 Å². The zero-order chi connectivity index (χ0) is 12.4. The summed E-state index contributed by atoms with van der Waals surface area (Å²) in [5.74, 6) is 0. The molecule has 2 unspecified atom stereocenters. The largest absolute Gasteiger partial charge is 0.392 e. The van der Waals surface area contributed by atoms with Gasteiger partial charge in [-0.3, -0.25) is 0 Å². The zero-order valence-electron chi connectivity index (χ0n) is 11.0. The van der Waals surface area contributed by atoms with E-state index in [-0.39, 0.29) is 6.10 Å². The Morgan fingerprint density at radius 1 is 1.17 bits per heavy atom. The summed E-state index contributed by atoms with van der Waals surface area (Å²) in [4.78, 5) is 3.06. The fourth-order valence-electron chi connectivity index (χ4n) is 3.24. The van der Waals surface area contributed by atoms with Crippen LogP contribution < -0.4 is 5.32 Å². The van der Waals surface area contributed by atoms with Crippen LogP contribution in [0, 0.1) is 0 Å². The predicted molar refractivity (Wildman–Crippen MR) is 76.1 cm³/mol. The molecule has 0 aliphatic heterocycles. The number of thiophene rings is 1. The summed E-state index contributed by atoms with van der Waals surface area (Å²) in [6.45, 7) is 0.944. The van der Waals surface area contributed by atoms with Gasteiger partial charge in [-0.2, -0.15) is 0 Å². The molecule has 1 aromatic rings. The summed E-state index contributed by atoms with van der Waals surface area (Å²) in [5, 5.41) is 13.7. The molecule has 1 aromatic heterocycles. The van der Waals surface area contributed by atoms with Crippen molar-refractivity contribution in [2.24, 2.45) is 0 Å². The normalized spacial score (nSPS) is 28.1. The van der Waals surface area contributed by atoms with Gasteiger partial charge in [0.05, 0.1) is 6.10 Å². The molecule has 3 rings (SSSR count). The standard InChI is InChI=1S/C15H23NOS/c17-14-7-3-1-2-6-13(14)16-10-12-9-11-5-4-8-15(11)18-12/h9,13-14,16-17H,1-8,10H2. The lowest BCUT2D eigenvalue weighted by molar-refractivity contribution is 0.119. The van der Waals surface area contributed by atoms with Gasteiger partial charge in [-0.25, -0.2) is 0 Å². The number of aliphatic hydroxyl groups excluding tert-OH is 1. The summed E-state index contributed by atoms with van der Waals surface area (Å²) < 4.78 is 0.